The van der Waals surface area contributed by atoms with Crippen LogP contribution in [0.1, 0.15) is 18.5 Å². The van der Waals surface area contributed by atoms with Crippen LogP contribution in [0, 0.1) is 0 Å². The number of aliphatic hydroxyl groups is 1. The van der Waals surface area contributed by atoms with Crippen molar-refractivity contribution in [1.82, 2.24) is 15.1 Å². The molecule has 1 fully saturated rings. The van der Waals surface area contributed by atoms with E-state index in [1.54, 1.807) is 4.68 Å². The SMILES string of the molecule is Cn1ccc(CC(O)CNC2CC2)n1. The number of nitrogens with zero attached hydrogens (tertiary/aromatic N) is 2. The summed E-state index contributed by atoms with van der Waals surface area (Å²) in [5.41, 5.74) is 0.956. The Morgan fingerprint density at radius 3 is 3.07 bits per heavy atom. The summed E-state index contributed by atoms with van der Waals surface area (Å²) in [4.78, 5) is 0. The number of nitrogens with one attached hydrogen (secondary N) is 1. The Kier molecular flexibility index (Phi) is 2.84. The number of hydrogen-bond donors (Lipinski definition) is 2. The molecule has 1 unspecified atom stereocenters. The normalized spacial score (nSPS) is 18.4. The van der Waals surface area contributed by atoms with Gasteiger partial charge in [0, 0.05) is 32.3 Å². The molecule has 0 amide bonds. The number of aromatic nitrogens is 2. The molecule has 1 aliphatic carbocycles. The van der Waals surface area contributed by atoms with Gasteiger partial charge in [-0.1, -0.05) is 0 Å². The molecule has 2 N–H and O–H groups in total. The Morgan fingerprint density at radius 2 is 2.50 bits per heavy atom. The Balaban J connectivity index is 1.72. The monoisotopic (exact) mass is 195 g/mol. The molecule has 0 spiro atoms. The second-order valence-electron chi connectivity index (χ2n) is 4.02. The molecular weight excluding hydrogens is 178 g/mol. The molecule has 4 heteroatoms. The summed E-state index contributed by atoms with van der Waals surface area (Å²) in [7, 11) is 1.89. The van der Waals surface area contributed by atoms with Gasteiger partial charge in [-0.05, 0) is 18.9 Å². The molecule has 0 saturated heterocycles. The van der Waals surface area contributed by atoms with Crippen LogP contribution in [-0.2, 0) is 13.5 Å². The van der Waals surface area contributed by atoms with Crippen molar-refractivity contribution in [2.24, 2.45) is 7.05 Å². The van der Waals surface area contributed by atoms with E-state index in [1.807, 2.05) is 19.3 Å². The first-order chi connectivity index (χ1) is 6.74. The van der Waals surface area contributed by atoms with Crippen LogP contribution in [0.2, 0.25) is 0 Å². The zero-order valence-electron chi connectivity index (χ0n) is 8.48. The Morgan fingerprint density at radius 1 is 1.71 bits per heavy atom. The molecule has 0 radical (unpaired) electrons. The van der Waals surface area contributed by atoms with Crippen LogP contribution in [0.3, 0.4) is 0 Å². The van der Waals surface area contributed by atoms with Gasteiger partial charge in [-0.15, -0.1) is 0 Å². The van der Waals surface area contributed by atoms with Gasteiger partial charge in [0.05, 0.1) is 11.8 Å². The van der Waals surface area contributed by atoms with E-state index in [0.717, 1.165) is 5.69 Å². The standard InChI is InChI=1S/C10H17N3O/c1-13-5-4-9(12-13)6-10(14)7-11-8-2-3-8/h4-5,8,10-11,14H,2-3,6-7H2,1H3. The van der Waals surface area contributed by atoms with Crippen LogP contribution in [-0.4, -0.2) is 33.6 Å². The topological polar surface area (TPSA) is 50.1 Å². The van der Waals surface area contributed by atoms with Crippen LogP contribution in [0.4, 0.5) is 0 Å². The van der Waals surface area contributed by atoms with Crippen molar-refractivity contribution in [2.45, 2.75) is 31.4 Å². The fraction of sp³-hybridized carbons (Fsp3) is 0.700. The third kappa shape index (κ3) is 2.82. The molecule has 78 valence electrons. The predicted molar refractivity (Wildman–Crippen MR) is 53.9 cm³/mol. The van der Waals surface area contributed by atoms with Crippen molar-refractivity contribution in [3.63, 3.8) is 0 Å². The van der Waals surface area contributed by atoms with Crippen LogP contribution < -0.4 is 5.32 Å². The molecule has 1 atom stereocenters. The first-order valence-corrected chi connectivity index (χ1v) is 5.14. The third-order valence-electron chi connectivity index (χ3n) is 2.43. The van der Waals surface area contributed by atoms with Gasteiger partial charge >= 0.3 is 0 Å². The van der Waals surface area contributed by atoms with Crippen molar-refractivity contribution in [2.75, 3.05) is 6.54 Å². The molecule has 4 nitrogen and oxygen atoms in total. The molecule has 0 aliphatic heterocycles. The maximum atomic E-state index is 9.68. The van der Waals surface area contributed by atoms with Gasteiger partial charge < -0.3 is 10.4 Å². The van der Waals surface area contributed by atoms with E-state index < -0.39 is 0 Å². The molecule has 1 aliphatic rings. The van der Waals surface area contributed by atoms with Crippen molar-refractivity contribution in [1.29, 1.82) is 0 Å². The zero-order valence-corrected chi connectivity index (χ0v) is 8.48. The van der Waals surface area contributed by atoms with Crippen LogP contribution in [0.15, 0.2) is 12.3 Å². The van der Waals surface area contributed by atoms with Gasteiger partial charge in [0.25, 0.3) is 0 Å². The summed E-state index contributed by atoms with van der Waals surface area (Å²) < 4.78 is 1.76. The molecule has 14 heavy (non-hydrogen) atoms. The third-order valence-corrected chi connectivity index (χ3v) is 2.43. The van der Waals surface area contributed by atoms with E-state index in [9.17, 15) is 5.11 Å². The summed E-state index contributed by atoms with van der Waals surface area (Å²) in [5, 5.41) is 17.2. The predicted octanol–water partition coefficient (Wildman–Crippen LogP) is 0.0755. The summed E-state index contributed by atoms with van der Waals surface area (Å²) in [6, 6.07) is 2.61. The average molecular weight is 195 g/mol. The Labute approximate surface area is 83.9 Å². The number of hydrogen-bond acceptors (Lipinski definition) is 3. The molecule has 1 aromatic heterocycles. The highest BCUT2D eigenvalue weighted by atomic mass is 16.3. The first kappa shape index (κ1) is 9.68. The molecule has 0 bridgehead atoms. The fourth-order valence-electron chi connectivity index (χ4n) is 1.48. The quantitative estimate of drug-likeness (QED) is 0.699. The molecule has 1 aromatic rings. The molecule has 1 saturated carbocycles. The summed E-state index contributed by atoms with van der Waals surface area (Å²) in [6.07, 6.45) is 4.74. The van der Waals surface area contributed by atoms with Gasteiger partial charge in [-0.3, -0.25) is 4.68 Å². The summed E-state index contributed by atoms with van der Waals surface area (Å²) in [6.45, 7) is 0.682. The molecular formula is C10H17N3O. The second kappa shape index (κ2) is 4.11. The highest BCUT2D eigenvalue weighted by molar-refractivity contribution is 5.00. The van der Waals surface area contributed by atoms with Gasteiger partial charge in [-0.25, -0.2) is 0 Å². The first-order valence-electron chi connectivity index (χ1n) is 5.14. The Bertz CT molecular complexity index is 293. The van der Waals surface area contributed by atoms with E-state index in [2.05, 4.69) is 10.4 Å². The highest BCUT2D eigenvalue weighted by Crippen LogP contribution is 2.18. The number of aliphatic hydroxyl groups excluding tert-OH is 1. The maximum Gasteiger partial charge on any atom is 0.0720 e. The van der Waals surface area contributed by atoms with Crippen LogP contribution >= 0.6 is 0 Å². The summed E-state index contributed by atoms with van der Waals surface area (Å²) in [5.74, 6) is 0. The van der Waals surface area contributed by atoms with Crippen LogP contribution in [0.5, 0.6) is 0 Å². The van der Waals surface area contributed by atoms with Crippen LogP contribution in [0.25, 0.3) is 0 Å². The minimum Gasteiger partial charge on any atom is -0.391 e. The lowest BCUT2D eigenvalue weighted by molar-refractivity contribution is 0.170. The van der Waals surface area contributed by atoms with Crippen molar-refractivity contribution in [3.05, 3.63) is 18.0 Å². The second-order valence-corrected chi connectivity index (χ2v) is 4.02. The highest BCUT2D eigenvalue weighted by Gasteiger charge is 2.21. The lowest BCUT2D eigenvalue weighted by Crippen LogP contribution is -2.29. The zero-order chi connectivity index (χ0) is 9.97. The van der Waals surface area contributed by atoms with E-state index >= 15 is 0 Å². The lowest BCUT2D eigenvalue weighted by Gasteiger charge is -2.09. The fourth-order valence-corrected chi connectivity index (χ4v) is 1.48. The minimum absolute atomic E-state index is 0.314. The Hall–Kier alpha value is -0.870. The maximum absolute atomic E-state index is 9.68. The van der Waals surface area contributed by atoms with E-state index in [0.29, 0.717) is 19.0 Å². The van der Waals surface area contributed by atoms with E-state index in [-0.39, 0.29) is 6.10 Å². The van der Waals surface area contributed by atoms with Gasteiger partial charge in [0.15, 0.2) is 0 Å². The molecule has 0 aromatic carbocycles. The average Bonchev–Trinajstić information content (AvgIpc) is 2.88. The van der Waals surface area contributed by atoms with E-state index in [1.165, 1.54) is 12.8 Å². The number of aryl methyl sites for hydroxylation is 1. The van der Waals surface area contributed by atoms with Crippen molar-refractivity contribution in [3.8, 4) is 0 Å². The van der Waals surface area contributed by atoms with Gasteiger partial charge in [0.2, 0.25) is 0 Å². The lowest BCUT2D eigenvalue weighted by atomic mass is 10.2. The molecule has 2 rings (SSSR count). The largest absolute Gasteiger partial charge is 0.391 e. The van der Waals surface area contributed by atoms with Gasteiger partial charge in [-0.2, -0.15) is 5.10 Å². The minimum atomic E-state index is -0.314. The van der Waals surface area contributed by atoms with Crippen molar-refractivity contribution < 1.29 is 5.11 Å². The molecule has 1 heterocycles. The van der Waals surface area contributed by atoms with E-state index in [4.69, 9.17) is 0 Å². The van der Waals surface area contributed by atoms with Gasteiger partial charge in [0.1, 0.15) is 0 Å². The summed E-state index contributed by atoms with van der Waals surface area (Å²) >= 11 is 0. The van der Waals surface area contributed by atoms with Crippen molar-refractivity contribution >= 4 is 0 Å². The smallest absolute Gasteiger partial charge is 0.0720 e. The number of rotatable bonds is 5.